The van der Waals surface area contributed by atoms with E-state index in [2.05, 4.69) is 5.32 Å². The summed E-state index contributed by atoms with van der Waals surface area (Å²) in [5, 5.41) is 3.46. The van der Waals surface area contributed by atoms with E-state index in [1.165, 1.54) is 6.08 Å². The van der Waals surface area contributed by atoms with Gasteiger partial charge in [0.25, 0.3) is 0 Å². The fourth-order valence-electron chi connectivity index (χ4n) is 1.25. The molecule has 0 bridgehead atoms. The molecule has 1 aromatic rings. The molecule has 0 spiro atoms. The summed E-state index contributed by atoms with van der Waals surface area (Å²) in [4.78, 5) is 11.6. The predicted molar refractivity (Wildman–Crippen MR) is 71.5 cm³/mol. The molecule has 0 radical (unpaired) electrons. The lowest BCUT2D eigenvalue weighted by Gasteiger charge is -2.09. The monoisotopic (exact) mass is 252 g/mol. The smallest absolute Gasteiger partial charge is 0.246 e. The Labute approximate surface area is 107 Å². The molecule has 0 heterocycles. The molecule has 1 rings (SSSR count). The zero-order chi connectivity index (χ0) is 12.8. The summed E-state index contributed by atoms with van der Waals surface area (Å²) in [6.45, 7) is 3.96. The average Bonchev–Trinajstić information content (AvgIpc) is 2.29. The van der Waals surface area contributed by atoms with Crippen LogP contribution in [0.1, 0.15) is 25.8 Å². The summed E-state index contributed by atoms with van der Waals surface area (Å²) < 4.78 is 0. The number of benzene rings is 1. The minimum atomic E-state index is -0.174. The van der Waals surface area contributed by atoms with Crippen molar-refractivity contribution >= 4 is 23.2 Å². The normalized spacial score (nSPS) is 13.2. The number of rotatable bonds is 4. The van der Waals surface area contributed by atoms with Crippen molar-refractivity contribution in [2.45, 2.75) is 26.3 Å². The number of nitrogens with one attached hydrogen (secondary N) is 1. The fourth-order valence-corrected chi connectivity index (χ4v) is 1.38. The molecule has 4 heteroatoms. The van der Waals surface area contributed by atoms with Crippen LogP contribution in [0.4, 0.5) is 0 Å². The molecule has 1 amide bonds. The number of halogens is 1. The first-order valence-corrected chi connectivity index (χ1v) is 5.94. The molecule has 0 aliphatic carbocycles. The number of hydrogen-bond donors (Lipinski definition) is 2. The van der Waals surface area contributed by atoms with Crippen LogP contribution < -0.4 is 11.1 Å². The predicted octanol–water partition coefficient (Wildman–Crippen LogP) is 2.55. The van der Waals surface area contributed by atoms with Crippen LogP contribution in [0, 0.1) is 0 Å². The van der Waals surface area contributed by atoms with Crippen LogP contribution in [-0.4, -0.2) is 11.9 Å². The Morgan fingerprint density at radius 3 is 2.59 bits per heavy atom. The van der Waals surface area contributed by atoms with Gasteiger partial charge in [0, 0.05) is 22.8 Å². The number of carbonyl (C=O) groups is 1. The minimum absolute atomic E-state index is 0.150. The van der Waals surface area contributed by atoms with E-state index in [9.17, 15) is 4.79 Å². The molecule has 92 valence electrons. The summed E-state index contributed by atoms with van der Waals surface area (Å²) in [5.41, 5.74) is 7.04. The molecule has 17 heavy (non-hydrogen) atoms. The van der Waals surface area contributed by atoms with Gasteiger partial charge in [0.2, 0.25) is 5.91 Å². The van der Waals surface area contributed by atoms with Gasteiger partial charge in [0.05, 0.1) is 0 Å². The Balaban J connectivity index is 2.72. The molecule has 3 N–H and O–H groups in total. The summed E-state index contributed by atoms with van der Waals surface area (Å²) >= 11 is 5.77. The molecule has 1 atom stereocenters. The minimum Gasteiger partial charge on any atom is -0.398 e. The first kappa shape index (κ1) is 13.6. The second-order valence-electron chi connectivity index (χ2n) is 3.92. The van der Waals surface area contributed by atoms with Gasteiger partial charge in [-0.25, -0.2) is 0 Å². The third-order valence-electron chi connectivity index (χ3n) is 2.47. The number of amides is 1. The first-order valence-electron chi connectivity index (χ1n) is 5.56. The summed E-state index contributed by atoms with van der Waals surface area (Å²) in [7, 11) is 0. The van der Waals surface area contributed by atoms with Gasteiger partial charge in [0.1, 0.15) is 0 Å². The first-order chi connectivity index (χ1) is 8.02. The standard InChI is InChI=1S/C13H17ClN2O/c1-3-9(2)16-13(17)8-12(15)10-4-6-11(14)7-5-10/h4-9H,3,15H2,1-2H3,(H,16,17). The molecule has 0 saturated heterocycles. The van der Waals surface area contributed by atoms with Gasteiger partial charge in [-0.1, -0.05) is 30.7 Å². The van der Waals surface area contributed by atoms with E-state index in [1.807, 2.05) is 13.8 Å². The van der Waals surface area contributed by atoms with E-state index >= 15 is 0 Å². The van der Waals surface area contributed by atoms with E-state index in [0.717, 1.165) is 12.0 Å². The van der Waals surface area contributed by atoms with Crippen LogP contribution in [-0.2, 0) is 4.79 Å². The van der Waals surface area contributed by atoms with E-state index in [0.29, 0.717) is 10.7 Å². The zero-order valence-electron chi connectivity index (χ0n) is 10.0. The summed E-state index contributed by atoms with van der Waals surface area (Å²) in [5.74, 6) is -0.174. The molecule has 3 nitrogen and oxygen atoms in total. The highest BCUT2D eigenvalue weighted by Gasteiger charge is 2.04. The third-order valence-corrected chi connectivity index (χ3v) is 2.72. The Morgan fingerprint density at radius 1 is 1.47 bits per heavy atom. The molecule has 0 aliphatic heterocycles. The second-order valence-corrected chi connectivity index (χ2v) is 4.36. The van der Waals surface area contributed by atoms with E-state index in [4.69, 9.17) is 17.3 Å². The van der Waals surface area contributed by atoms with Gasteiger partial charge in [-0.05, 0) is 31.0 Å². The lowest BCUT2D eigenvalue weighted by molar-refractivity contribution is -0.117. The third kappa shape index (κ3) is 4.49. The van der Waals surface area contributed by atoms with Crippen LogP contribution >= 0.6 is 11.6 Å². The zero-order valence-corrected chi connectivity index (χ0v) is 10.8. The van der Waals surface area contributed by atoms with Gasteiger partial charge >= 0.3 is 0 Å². The van der Waals surface area contributed by atoms with Crippen molar-refractivity contribution in [1.29, 1.82) is 0 Å². The van der Waals surface area contributed by atoms with Crippen molar-refractivity contribution in [3.63, 3.8) is 0 Å². The second kappa shape index (κ2) is 6.30. The molecular formula is C13H17ClN2O. The number of hydrogen-bond acceptors (Lipinski definition) is 2. The average molecular weight is 253 g/mol. The largest absolute Gasteiger partial charge is 0.398 e. The summed E-state index contributed by atoms with van der Waals surface area (Å²) in [6, 6.07) is 7.20. The van der Waals surface area contributed by atoms with Crippen molar-refractivity contribution in [3.05, 3.63) is 40.9 Å². The summed E-state index contributed by atoms with van der Waals surface area (Å²) in [6.07, 6.45) is 2.29. The van der Waals surface area contributed by atoms with E-state index in [-0.39, 0.29) is 11.9 Å². The van der Waals surface area contributed by atoms with Gasteiger partial charge in [-0.3, -0.25) is 4.79 Å². The molecule has 1 unspecified atom stereocenters. The topological polar surface area (TPSA) is 55.1 Å². The van der Waals surface area contributed by atoms with Gasteiger partial charge in [-0.15, -0.1) is 0 Å². The number of nitrogens with two attached hydrogens (primary N) is 1. The molecule has 0 aliphatic rings. The van der Waals surface area contributed by atoms with Crippen molar-refractivity contribution < 1.29 is 4.79 Å². The molecule has 0 saturated carbocycles. The fraction of sp³-hybridized carbons (Fsp3) is 0.308. The van der Waals surface area contributed by atoms with Crippen LogP contribution in [0.2, 0.25) is 5.02 Å². The highest BCUT2D eigenvalue weighted by atomic mass is 35.5. The number of carbonyl (C=O) groups excluding carboxylic acids is 1. The lowest BCUT2D eigenvalue weighted by atomic mass is 10.1. The van der Waals surface area contributed by atoms with E-state index < -0.39 is 0 Å². The van der Waals surface area contributed by atoms with Crippen molar-refractivity contribution in [2.24, 2.45) is 5.73 Å². The Bertz CT molecular complexity index is 412. The van der Waals surface area contributed by atoms with Crippen LogP contribution in [0.25, 0.3) is 5.70 Å². The van der Waals surface area contributed by atoms with Gasteiger partial charge in [0.15, 0.2) is 0 Å². The van der Waals surface area contributed by atoms with Gasteiger partial charge < -0.3 is 11.1 Å². The van der Waals surface area contributed by atoms with Crippen LogP contribution in [0.15, 0.2) is 30.3 Å². The van der Waals surface area contributed by atoms with Crippen molar-refractivity contribution in [1.82, 2.24) is 5.32 Å². The van der Waals surface area contributed by atoms with Crippen LogP contribution in [0.3, 0.4) is 0 Å². The quantitative estimate of drug-likeness (QED) is 0.810. The molecule has 0 fully saturated rings. The van der Waals surface area contributed by atoms with Gasteiger partial charge in [-0.2, -0.15) is 0 Å². The molecule has 1 aromatic carbocycles. The Kier molecular flexibility index (Phi) is 5.04. The lowest BCUT2D eigenvalue weighted by Crippen LogP contribution is -2.30. The van der Waals surface area contributed by atoms with Crippen molar-refractivity contribution in [3.8, 4) is 0 Å². The van der Waals surface area contributed by atoms with Crippen LogP contribution in [0.5, 0.6) is 0 Å². The Morgan fingerprint density at radius 2 is 2.06 bits per heavy atom. The van der Waals surface area contributed by atoms with E-state index in [1.54, 1.807) is 24.3 Å². The molecular weight excluding hydrogens is 236 g/mol. The highest BCUT2D eigenvalue weighted by Crippen LogP contribution is 2.13. The SMILES string of the molecule is CCC(C)NC(=O)C=C(N)c1ccc(Cl)cc1. The Hall–Kier alpha value is -1.48. The molecule has 0 aromatic heterocycles. The maximum atomic E-state index is 11.6. The maximum absolute atomic E-state index is 11.6. The maximum Gasteiger partial charge on any atom is 0.246 e. The van der Waals surface area contributed by atoms with Crippen molar-refractivity contribution in [2.75, 3.05) is 0 Å². The highest BCUT2D eigenvalue weighted by molar-refractivity contribution is 6.30.